The van der Waals surface area contributed by atoms with Crippen molar-refractivity contribution in [3.63, 3.8) is 0 Å². The number of para-hydroxylation sites is 3. The lowest BCUT2D eigenvalue weighted by Gasteiger charge is -2.28. The van der Waals surface area contributed by atoms with Crippen LogP contribution in [0.5, 0.6) is 11.5 Å². The molecule has 0 spiro atoms. The van der Waals surface area contributed by atoms with E-state index in [-0.39, 0.29) is 10.8 Å². The van der Waals surface area contributed by atoms with Crippen LogP contribution in [0.25, 0.3) is 94.4 Å². The average molecular weight is 1110 g/mol. The summed E-state index contributed by atoms with van der Waals surface area (Å²) in [6.45, 7) is 16.5. The van der Waals surface area contributed by atoms with Gasteiger partial charge < -0.3 is 14.5 Å². The number of rotatable bonds is 11. The van der Waals surface area contributed by atoms with E-state index in [4.69, 9.17) is 9.72 Å². The van der Waals surface area contributed by atoms with Crippen LogP contribution < -0.4 is 14.5 Å². The Kier molecular flexibility index (Phi) is 13.6. The predicted molar refractivity (Wildman–Crippen MR) is 362 cm³/mol. The maximum absolute atomic E-state index is 7.55. The molecular formula is C81H68N4O. The van der Waals surface area contributed by atoms with Crippen LogP contribution in [0.2, 0.25) is 0 Å². The number of aromatic nitrogens is 2. The molecule has 418 valence electrons. The van der Waals surface area contributed by atoms with Gasteiger partial charge in [0.25, 0.3) is 0 Å². The van der Waals surface area contributed by atoms with E-state index in [9.17, 15) is 0 Å². The molecule has 5 nitrogen and oxygen atoms in total. The summed E-state index contributed by atoms with van der Waals surface area (Å²) in [6.07, 6.45) is 2.02. The van der Waals surface area contributed by atoms with Crippen molar-refractivity contribution in [3.05, 3.63) is 290 Å². The lowest BCUT2D eigenvalue weighted by molar-refractivity contribution is 0.481. The maximum atomic E-state index is 7.55. The van der Waals surface area contributed by atoms with E-state index in [1.165, 1.54) is 44.5 Å². The highest BCUT2D eigenvalue weighted by Crippen LogP contribution is 2.52. The number of benzene rings is 11. The Hall–Kier alpha value is -10.2. The van der Waals surface area contributed by atoms with Crippen LogP contribution in [0.1, 0.15) is 58.2 Å². The van der Waals surface area contributed by atoms with Crippen LogP contribution in [0.15, 0.2) is 273 Å². The van der Waals surface area contributed by atoms with Gasteiger partial charge in [0.2, 0.25) is 0 Å². The van der Waals surface area contributed by atoms with Gasteiger partial charge in [-0.3, -0.25) is 4.57 Å². The molecule has 11 aromatic carbocycles. The van der Waals surface area contributed by atoms with Gasteiger partial charge in [-0.25, -0.2) is 4.98 Å². The topological polar surface area (TPSA) is 33.5 Å². The van der Waals surface area contributed by atoms with Crippen molar-refractivity contribution in [3.8, 4) is 84.1 Å². The smallest absolute Gasteiger partial charge is 0.137 e. The highest BCUT2D eigenvalue weighted by atomic mass is 16.5. The van der Waals surface area contributed by atoms with Crippen molar-refractivity contribution < 1.29 is 4.74 Å². The number of anilines is 4. The zero-order chi connectivity index (χ0) is 58.7. The molecule has 13 aromatic rings. The molecule has 5 heteroatoms. The second kappa shape index (κ2) is 21.8. The molecule has 0 aliphatic carbocycles. The number of hydrogen-bond acceptors (Lipinski definition) is 4. The highest BCUT2D eigenvalue weighted by Gasteiger charge is 2.33. The van der Waals surface area contributed by atoms with Gasteiger partial charge in [-0.1, -0.05) is 242 Å². The molecule has 0 saturated carbocycles. The van der Waals surface area contributed by atoms with Gasteiger partial charge in [0.15, 0.2) is 0 Å². The molecule has 0 amide bonds. The van der Waals surface area contributed by atoms with E-state index < -0.39 is 0 Å². The first kappa shape index (κ1) is 53.8. The Labute approximate surface area is 505 Å². The summed E-state index contributed by atoms with van der Waals surface area (Å²) in [5, 5.41) is 2.26. The Morgan fingerprint density at radius 1 is 0.372 bits per heavy atom. The van der Waals surface area contributed by atoms with E-state index >= 15 is 0 Å². The van der Waals surface area contributed by atoms with Crippen molar-refractivity contribution >= 4 is 44.6 Å². The lowest BCUT2D eigenvalue weighted by Crippen LogP contribution is -2.25. The molecule has 0 unspecified atom stereocenters. The third-order valence-corrected chi connectivity index (χ3v) is 17.2. The zero-order valence-corrected chi connectivity index (χ0v) is 49.9. The van der Waals surface area contributed by atoms with E-state index in [1.807, 2.05) is 6.20 Å². The van der Waals surface area contributed by atoms with Gasteiger partial charge in [-0.15, -0.1) is 0 Å². The van der Waals surface area contributed by atoms with Crippen molar-refractivity contribution in [2.24, 2.45) is 0 Å². The van der Waals surface area contributed by atoms with Crippen LogP contribution in [-0.2, 0) is 10.8 Å². The maximum Gasteiger partial charge on any atom is 0.137 e. The standard InChI is InChI=1S/C81H68N4O/c1-54-44-78(82-52-72(54)58-30-18-11-19-31-58)85-73-43-40-61(56-26-14-9-15-27-56)46-70(73)71-50-69(57-28-16-10-17-29-57)77(51-76(71)85)86-66-48-64(81(5,6)7)47-65(49-66)83-53-84(75-37-21-20-36-74(75)83)79-67(59-38-41-63(42-39-59)80(2,3)4)34-23-35-68(79)62-33-22-32-60(45-62)55-24-12-8-13-25-55/h8-52H,53H2,1-7H3. The number of fused-ring (bicyclic) bond motifs is 4. The number of nitrogens with zero attached hydrogens (tertiary/aromatic N) is 4. The summed E-state index contributed by atoms with van der Waals surface area (Å²) in [5.74, 6) is 2.36. The molecule has 0 radical (unpaired) electrons. The van der Waals surface area contributed by atoms with Crippen LogP contribution in [0.3, 0.4) is 0 Å². The molecule has 86 heavy (non-hydrogen) atoms. The van der Waals surface area contributed by atoms with E-state index in [0.717, 1.165) is 101 Å². The minimum Gasteiger partial charge on any atom is -0.457 e. The molecule has 0 atom stereocenters. The van der Waals surface area contributed by atoms with Crippen molar-refractivity contribution in [1.29, 1.82) is 0 Å². The number of hydrogen-bond donors (Lipinski definition) is 0. The minimum atomic E-state index is -0.222. The molecule has 2 aromatic heterocycles. The molecule has 0 bridgehead atoms. The number of aryl methyl sites for hydroxylation is 1. The van der Waals surface area contributed by atoms with Crippen LogP contribution >= 0.6 is 0 Å². The number of ether oxygens (including phenoxy) is 1. The SMILES string of the molecule is Cc1cc(-n2c3ccc(-c4ccccc4)cc3c3cc(-c4ccccc4)c(Oc4cc(N5CN(c6c(-c7ccc(C(C)(C)C)cc7)cccc6-c6cccc(-c7ccccc7)c6)c6ccccc65)cc(C(C)(C)C)c4)cc32)ncc1-c1ccccc1. The van der Waals surface area contributed by atoms with Gasteiger partial charge in [0.1, 0.15) is 24.0 Å². The fourth-order valence-corrected chi connectivity index (χ4v) is 12.5. The summed E-state index contributed by atoms with van der Waals surface area (Å²) in [7, 11) is 0. The second-order valence-corrected chi connectivity index (χ2v) is 24.9. The highest BCUT2D eigenvalue weighted by molar-refractivity contribution is 6.12. The summed E-state index contributed by atoms with van der Waals surface area (Å²) in [5.41, 5.74) is 23.7. The van der Waals surface area contributed by atoms with E-state index in [1.54, 1.807) is 0 Å². The quantitative estimate of drug-likeness (QED) is 0.129. The minimum absolute atomic E-state index is 0.0231. The summed E-state index contributed by atoms with van der Waals surface area (Å²) < 4.78 is 9.87. The Bertz CT molecular complexity index is 4650. The van der Waals surface area contributed by atoms with Gasteiger partial charge in [0, 0.05) is 57.0 Å². The molecular weight excluding hydrogens is 1040 g/mol. The first-order valence-corrected chi connectivity index (χ1v) is 29.9. The normalized spacial score (nSPS) is 12.5. The van der Waals surface area contributed by atoms with Crippen molar-refractivity contribution in [1.82, 2.24) is 9.55 Å². The average Bonchev–Trinajstić information content (AvgIpc) is 1.63. The van der Waals surface area contributed by atoms with Gasteiger partial charge in [-0.2, -0.15) is 0 Å². The predicted octanol–water partition coefficient (Wildman–Crippen LogP) is 22.1. The van der Waals surface area contributed by atoms with E-state index in [0.29, 0.717) is 6.67 Å². The number of pyridine rings is 1. The van der Waals surface area contributed by atoms with Crippen LogP contribution in [-0.4, -0.2) is 16.2 Å². The molecule has 0 fully saturated rings. The monoisotopic (exact) mass is 1110 g/mol. The van der Waals surface area contributed by atoms with Gasteiger partial charge in [-0.05, 0) is 134 Å². The molecule has 1 aliphatic rings. The molecule has 0 saturated heterocycles. The molecule has 14 rings (SSSR count). The third kappa shape index (κ3) is 10.1. The van der Waals surface area contributed by atoms with E-state index in [2.05, 4.69) is 330 Å². The Morgan fingerprint density at radius 2 is 0.884 bits per heavy atom. The Balaban J connectivity index is 0.929. The van der Waals surface area contributed by atoms with Crippen molar-refractivity contribution in [2.45, 2.75) is 59.3 Å². The van der Waals surface area contributed by atoms with Gasteiger partial charge >= 0.3 is 0 Å². The van der Waals surface area contributed by atoms with Crippen molar-refractivity contribution in [2.75, 3.05) is 16.5 Å². The summed E-state index contributed by atoms with van der Waals surface area (Å²) in [4.78, 5) is 10.3. The lowest BCUT2D eigenvalue weighted by atomic mass is 9.85. The van der Waals surface area contributed by atoms with Crippen LogP contribution in [0, 0.1) is 6.92 Å². The first-order chi connectivity index (χ1) is 41.8. The largest absolute Gasteiger partial charge is 0.457 e. The first-order valence-electron chi connectivity index (χ1n) is 29.9. The fraction of sp³-hybridized carbons (Fsp3) is 0.123. The molecule has 1 aliphatic heterocycles. The fourth-order valence-electron chi connectivity index (χ4n) is 12.5. The zero-order valence-electron chi connectivity index (χ0n) is 49.9. The van der Waals surface area contributed by atoms with Crippen LogP contribution in [0.4, 0.5) is 22.7 Å². The second-order valence-electron chi connectivity index (χ2n) is 24.9. The summed E-state index contributed by atoms with van der Waals surface area (Å²) >= 11 is 0. The Morgan fingerprint density at radius 3 is 1.51 bits per heavy atom. The molecule has 3 heterocycles. The molecule has 0 N–H and O–H groups in total. The van der Waals surface area contributed by atoms with Gasteiger partial charge in [0.05, 0.1) is 28.1 Å². The summed E-state index contributed by atoms with van der Waals surface area (Å²) in [6, 6.07) is 97.0. The third-order valence-electron chi connectivity index (χ3n) is 17.2.